The van der Waals surface area contributed by atoms with E-state index in [1.807, 2.05) is 56.3 Å². The quantitative estimate of drug-likeness (QED) is 0.476. The van der Waals surface area contributed by atoms with Crippen molar-refractivity contribution in [1.82, 2.24) is 14.9 Å². The second-order valence-corrected chi connectivity index (χ2v) is 9.35. The maximum Gasteiger partial charge on any atom is 0.262 e. The fraction of sp³-hybridized carbons (Fsp3) is 0.375. The molecule has 1 atom stereocenters. The summed E-state index contributed by atoms with van der Waals surface area (Å²) in [7, 11) is 0. The summed E-state index contributed by atoms with van der Waals surface area (Å²) >= 11 is 1.35. The molecule has 1 aromatic heterocycles. The first-order valence-electron chi connectivity index (χ1n) is 10.5. The normalized spacial score (nSPS) is 15.4. The fourth-order valence-electron chi connectivity index (χ4n) is 3.85. The average molecular weight is 422 g/mol. The van der Waals surface area contributed by atoms with Crippen molar-refractivity contribution in [3.05, 3.63) is 70.0 Å². The molecule has 0 bridgehead atoms. The highest BCUT2D eigenvalue weighted by atomic mass is 32.2. The number of thioether (sulfide) groups is 1. The SMILES string of the molecule is Cc1ccc(Cn2c(S[C@H](C)C(=O)NC3CCCC3)nc3ccccc3c2=O)cc1. The van der Waals surface area contributed by atoms with Gasteiger partial charge in [0.15, 0.2) is 5.16 Å². The predicted octanol–water partition coefficient (Wildman–Crippen LogP) is 4.29. The third-order valence-corrected chi connectivity index (χ3v) is 6.73. The molecule has 0 saturated heterocycles. The minimum atomic E-state index is -0.331. The highest BCUT2D eigenvalue weighted by Gasteiger charge is 2.23. The van der Waals surface area contributed by atoms with Crippen LogP contribution in [0.25, 0.3) is 10.9 Å². The monoisotopic (exact) mass is 421 g/mol. The van der Waals surface area contributed by atoms with Crippen LogP contribution in [0.4, 0.5) is 0 Å². The summed E-state index contributed by atoms with van der Waals surface area (Å²) in [4.78, 5) is 30.7. The first-order chi connectivity index (χ1) is 14.5. The number of nitrogens with zero attached hydrogens (tertiary/aromatic N) is 2. The molecule has 156 valence electrons. The summed E-state index contributed by atoms with van der Waals surface area (Å²) in [5.41, 5.74) is 2.79. The topological polar surface area (TPSA) is 64.0 Å². The van der Waals surface area contributed by atoms with Crippen molar-refractivity contribution in [3.8, 4) is 0 Å². The Bertz CT molecular complexity index is 1100. The van der Waals surface area contributed by atoms with Crippen LogP contribution in [0.3, 0.4) is 0 Å². The lowest BCUT2D eigenvalue weighted by molar-refractivity contribution is -0.120. The molecule has 2 aromatic carbocycles. The van der Waals surface area contributed by atoms with E-state index in [-0.39, 0.29) is 22.8 Å². The lowest BCUT2D eigenvalue weighted by Gasteiger charge is -2.18. The van der Waals surface area contributed by atoms with Crippen LogP contribution in [0.5, 0.6) is 0 Å². The molecule has 4 rings (SSSR count). The predicted molar refractivity (Wildman–Crippen MR) is 122 cm³/mol. The number of hydrogen-bond donors (Lipinski definition) is 1. The van der Waals surface area contributed by atoms with Gasteiger partial charge in [0.05, 0.1) is 22.7 Å². The van der Waals surface area contributed by atoms with Gasteiger partial charge in [0, 0.05) is 6.04 Å². The zero-order valence-corrected chi connectivity index (χ0v) is 18.2. The minimum absolute atomic E-state index is 0.0104. The van der Waals surface area contributed by atoms with E-state index in [9.17, 15) is 9.59 Å². The van der Waals surface area contributed by atoms with Crippen molar-refractivity contribution < 1.29 is 4.79 Å². The van der Waals surface area contributed by atoms with Crippen molar-refractivity contribution in [2.45, 2.75) is 62.5 Å². The number of para-hydroxylation sites is 1. The van der Waals surface area contributed by atoms with Crippen LogP contribution in [-0.4, -0.2) is 26.8 Å². The number of benzene rings is 2. The first kappa shape index (κ1) is 20.7. The number of rotatable bonds is 6. The summed E-state index contributed by atoms with van der Waals surface area (Å²) in [6.45, 7) is 4.35. The van der Waals surface area contributed by atoms with Gasteiger partial charge in [-0.25, -0.2) is 4.98 Å². The second kappa shape index (κ2) is 9.04. The molecular weight excluding hydrogens is 394 g/mol. The minimum Gasteiger partial charge on any atom is -0.352 e. The molecule has 1 N–H and O–H groups in total. The summed E-state index contributed by atoms with van der Waals surface area (Å²) in [5, 5.41) is 3.99. The zero-order valence-electron chi connectivity index (χ0n) is 17.4. The van der Waals surface area contributed by atoms with Crippen molar-refractivity contribution in [2.75, 3.05) is 0 Å². The molecule has 1 aliphatic carbocycles. The van der Waals surface area contributed by atoms with Crippen molar-refractivity contribution in [2.24, 2.45) is 0 Å². The second-order valence-electron chi connectivity index (χ2n) is 8.04. The van der Waals surface area contributed by atoms with Crippen molar-refractivity contribution in [3.63, 3.8) is 0 Å². The Morgan fingerprint density at radius 1 is 1.17 bits per heavy atom. The standard InChI is InChI=1S/C24H27N3O2S/c1-16-11-13-18(14-12-16)15-27-23(29)20-9-5-6-10-21(20)26-24(27)30-17(2)22(28)25-19-7-3-4-8-19/h5-6,9-14,17,19H,3-4,7-8,15H2,1-2H3,(H,25,28)/t17-/m1/s1. The third kappa shape index (κ3) is 4.59. The van der Waals surface area contributed by atoms with Crippen LogP contribution in [0, 0.1) is 6.92 Å². The first-order valence-corrected chi connectivity index (χ1v) is 11.4. The Balaban J connectivity index is 1.65. The van der Waals surface area contributed by atoms with Gasteiger partial charge in [0.25, 0.3) is 5.56 Å². The highest BCUT2D eigenvalue weighted by molar-refractivity contribution is 8.00. The lowest BCUT2D eigenvalue weighted by Crippen LogP contribution is -2.38. The molecule has 30 heavy (non-hydrogen) atoms. The van der Waals surface area contributed by atoms with E-state index in [0.717, 1.165) is 18.4 Å². The van der Waals surface area contributed by atoms with E-state index < -0.39 is 0 Å². The Morgan fingerprint density at radius 2 is 1.87 bits per heavy atom. The van der Waals surface area contributed by atoms with Crippen molar-refractivity contribution in [1.29, 1.82) is 0 Å². The van der Waals surface area contributed by atoms with E-state index >= 15 is 0 Å². The van der Waals surface area contributed by atoms with Gasteiger partial charge in [-0.2, -0.15) is 0 Å². The molecule has 5 nitrogen and oxygen atoms in total. The van der Waals surface area contributed by atoms with Gasteiger partial charge in [0.1, 0.15) is 0 Å². The number of aryl methyl sites for hydroxylation is 1. The van der Waals surface area contributed by atoms with Gasteiger partial charge < -0.3 is 5.32 Å². The van der Waals surface area contributed by atoms with Crippen LogP contribution >= 0.6 is 11.8 Å². The Hall–Kier alpha value is -2.60. The van der Waals surface area contributed by atoms with E-state index in [2.05, 4.69) is 5.32 Å². The number of nitrogens with one attached hydrogen (secondary N) is 1. The summed E-state index contributed by atoms with van der Waals surface area (Å²) < 4.78 is 1.69. The van der Waals surface area contributed by atoms with E-state index in [4.69, 9.17) is 4.98 Å². The number of aromatic nitrogens is 2. The Labute approximate surface area is 180 Å². The maximum atomic E-state index is 13.3. The molecule has 3 aromatic rings. The van der Waals surface area contributed by atoms with Crippen LogP contribution in [0.2, 0.25) is 0 Å². The van der Waals surface area contributed by atoms with E-state index in [0.29, 0.717) is 22.6 Å². The van der Waals surface area contributed by atoms with Gasteiger partial charge in [-0.1, -0.05) is 66.6 Å². The van der Waals surface area contributed by atoms with Crippen LogP contribution in [0.1, 0.15) is 43.7 Å². The zero-order chi connectivity index (χ0) is 21.1. The van der Waals surface area contributed by atoms with Gasteiger partial charge in [-0.05, 0) is 44.4 Å². The number of carbonyl (C=O) groups excluding carboxylic acids is 1. The van der Waals surface area contributed by atoms with Gasteiger partial charge in [-0.15, -0.1) is 0 Å². The number of hydrogen-bond acceptors (Lipinski definition) is 4. The molecule has 6 heteroatoms. The van der Waals surface area contributed by atoms with Gasteiger partial charge >= 0.3 is 0 Å². The van der Waals surface area contributed by atoms with Crippen LogP contribution in [0.15, 0.2) is 58.5 Å². The molecule has 1 amide bonds. The molecule has 1 aliphatic rings. The molecule has 1 heterocycles. The highest BCUT2D eigenvalue weighted by Crippen LogP contribution is 2.25. The molecular formula is C24H27N3O2S. The van der Waals surface area contributed by atoms with Gasteiger partial charge in [0.2, 0.25) is 5.91 Å². The molecule has 0 spiro atoms. The molecule has 1 saturated carbocycles. The largest absolute Gasteiger partial charge is 0.352 e. The summed E-state index contributed by atoms with van der Waals surface area (Å²) in [6.07, 6.45) is 4.45. The molecule has 0 radical (unpaired) electrons. The Kier molecular flexibility index (Phi) is 6.23. The molecule has 1 fully saturated rings. The third-order valence-electron chi connectivity index (χ3n) is 5.64. The van der Waals surface area contributed by atoms with Crippen LogP contribution < -0.4 is 10.9 Å². The van der Waals surface area contributed by atoms with Gasteiger partial charge in [-0.3, -0.25) is 14.2 Å². The van der Waals surface area contributed by atoms with Crippen LogP contribution in [-0.2, 0) is 11.3 Å². The summed E-state index contributed by atoms with van der Waals surface area (Å²) in [6, 6.07) is 15.8. The van der Waals surface area contributed by atoms with Crippen molar-refractivity contribution >= 4 is 28.6 Å². The maximum absolute atomic E-state index is 13.3. The smallest absolute Gasteiger partial charge is 0.262 e. The van der Waals surface area contributed by atoms with E-state index in [1.165, 1.54) is 30.2 Å². The number of fused-ring (bicyclic) bond motifs is 1. The molecule has 0 aliphatic heterocycles. The number of amides is 1. The lowest BCUT2D eigenvalue weighted by atomic mass is 10.1. The average Bonchev–Trinajstić information content (AvgIpc) is 3.25. The number of carbonyl (C=O) groups is 1. The fourth-order valence-corrected chi connectivity index (χ4v) is 4.77. The van der Waals surface area contributed by atoms with E-state index in [1.54, 1.807) is 10.6 Å². The summed E-state index contributed by atoms with van der Waals surface area (Å²) in [5.74, 6) is 0.0104. The Morgan fingerprint density at radius 3 is 2.60 bits per heavy atom. The molecule has 0 unspecified atom stereocenters.